The van der Waals surface area contributed by atoms with Crippen molar-refractivity contribution in [3.05, 3.63) is 65.5 Å². The summed E-state index contributed by atoms with van der Waals surface area (Å²) in [4.78, 5) is 19.7. The number of aromatic amines is 1. The van der Waals surface area contributed by atoms with Crippen molar-refractivity contribution >= 4 is 28.4 Å². The number of imidazole rings is 1. The number of nitrogens with zero attached hydrogens (tertiary/aromatic N) is 1. The van der Waals surface area contributed by atoms with E-state index in [0.717, 1.165) is 11.0 Å². The molecule has 0 aliphatic heterocycles. The molecule has 19 heavy (non-hydrogen) atoms. The Balaban J connectivity index is 2.03. The van der Waals surface area contributed by atoms with Gasteiger partial charge in [0, 0.05) is 11.1 Å². The molecule has 0 unspecified atom stereocenters. The van der Waals surface area contributed by atoms with Crippen molar-refractivity contribution < 1.29 is 4.79 Å². The summed E-state index contributed by atoms with van der Waals surface area (Å²) in [5.74, 6) is 1.04. The summed E-state index contributed by atoms with van der Waals surface area (Å²) in [5.41, 5.74) is 2.97. The number of benzene rings is 2. The number of alkyl halides is 1. The third kappa shape index (κ3) is 2.25. The van der Waals surface area contributed by atoms with E-state index in [0.29, 0.717) is 22.8 Å². The highest BCUT2D eigenvalue weighted by Crippen LogP contribution is 2.17. The van der Waals surface area contributed by atoms with E-state index in [-0.39, 0.29) is 5.78 Å². The summed E-state index contributed by atoms with van der Waals surface area (Å²) in [6, 6.07) is 14.7. The molecule has 94 valence electrons. The number of halogens is 1. The van der Waals surface area contributed by atoms with Crippen LogP contribution in [0.5, 0.6) is 0 Å². The van der Waals surface area contributed by atoms with Gasteiger partial charge in [0.2, 0.25) is 0 Å². The lowest BCUT2D eigenvalue weighted by Crippen LogP contribution is -2.00. The Morgan fingerprint density at radius 1 is 1.11 bits per heavy atom. The average molecular weight is 271 g/mol. The minimum absolute atomic E-state index is 0.00419. The largest absolute Gasteiger partial charge is 0.341 e. The van der Waals surface area contributed by atoms with Crippen molar-refractivity contribution in [2.75, 3.05) is 0 Å². The number of rotatable bonds is 3. The minimum atomic E-state index is 0.00419. The highest BCUT2D eigenvalue weighted by Gasteiger charge is 2.10. The molecule has 1 heterocycles. The van der Waals surface area contributed by atoms with Crippen molar-refractivity contribution in [1.29, 1.82) is 0 Å². The fourth-order valence-corrected chi connectivity index (χ4v) is 2.15. The van der Waals surface area contributed by atoms with E-state index in [4.69, 9.17) is 11.6 Å². The van der Waals surface area contributed by atoms with E-state index in [2.05, 4.69) is 9.97 Å². The summed E-state index contributed by atoms with van der Waals surface area (Å²) in [7, 11) is 0. The molecule has 0 saturated heterocycles. The molecule has 0 fully saturated rings. The molecule has 1 aromatic heterocycles. The Morgan fingerprint density at radius 2 is 1.89 bits per heavy atom. The van der Waals surface area contributed by atoms with Crippen LogP contribution in [0.4, 0.5) is 0 Å². The van der Waals surface area contributed by atoms with E-state index in [1.54, 1.807) is 6.07 Å². The monoisotopic (exact) mass is 270 g/mol. The SMILES string of the molecule is O=C(c1ccccc1)c1ccc2nc(CCl)[nH]c2c1. The van der Waals surface area contributed by atoms with E-state index < -0.39 is 0 Å². The van der Waals surface area contributed by atoms with E-state index in [1.165, 1.54) is 0 Å². The molecule has 0 aliphatic rings. The Hall–Kier alpha value is -2.13. The number of aromatic nitrogens is 2. The van der Waals surface area contributed by atoms with Crippen molar-refractivity contribution in [3.63, 3.8) is 0 Å². The molecule has 1 N–H and O–H groups in total. The van der Waals surface area contributed by atoms with Crippen LogP contribution in [0.15, 0.2) is 48.5 Å². The Bertz CT molecular complexity index is 734. The number of H-pyrrole nitrogens is 1. The smallest absolute Gasteiger partial charge is 0.193 e. The van der Waals surface area contributed by atoms with Gasteiger partial charge in [-0.15, -0.1) is 11.6 Å². The first-order chi connectivity index (χ1) is 9.28. The Labute approximate surface area is 115 Å². The normalized spacial score (nSPS) is 10.8. The van der Waals surface area contributed by atoms with E-state index >= 15 is 0 Å². The minimum Gasteiger partial charge on any atom is -0.341 e. The average Bonchev–Trinajstić information content (AvgIpc) is 2.89. The third-order valence-electron chi connectivity index (χ3n) is 2.96. The van der Waals surface area contributed by atoms with Gasteiger partial charge in [-0.1, -0.05) is 30.3 Å². The summed E-state index contributed by atoms with van der Waals surface area (Å²) >= 11 is 5.74. The molecule has 2 aromatic carbocycles. The summed E-state index contributed by atoms with van der Waals surface area (Å²) < 4.78 is 0. The van der Waals surface area contributed by atoms with E-state index in [1.807, 2.05) is 42.5 Å². The van der Waals surface area contributed by atoms with Crippen molar-refractivity contribution in [2.24, 2.45) is 0 Å². The first-order valence-corrected chi connectivity index (χ1v) is 6.46. The number of hydrogen-bond acceptors (Lipinski definition) is 2. The molecule has 0 saturated carbocycles. The maximum absolute atomic E-state index is 12.3. The molecule has 0 atom stereocenters. The zero-order valence-corrected chi connectivity index (χ0v) is 10.8. The molecule has 0 spiro atoms. The van der Waals surface area contributed by atoms with Crippen LogP contribution in [-0.4, -0.2) is 15.8 Å². The topological polar surface area (TPSA) is 45.8 Å². The molecule has 0 amide bonds. The predicted molar refractivity (Wildman–Crippen MR) is 75.5 cm³/mol. The zero-order chi connectivity index (χ0) is 13.2. The number of hydrogen-bond donors (Lipinski definition) is 1. The second-order valence-electron chi connectivity index (χ2n) is 4.24. The van der Waals surface area contributed by atoms with Crippen LogP contribution >= 0.6 is 11.6 Å². The fraction of sp³-hybridized carbons (Fsp3) is 0.0667. The molecule has 3 rings (SSSR count). The summed E-state index contributed by atoms with van der Waals surface area (Å²) in [6.45, 7) is 0. The lowest BCUT2D eigenvalue weighted by molar-refractivity contribution is 0.103. The van der Waals surface area contributed by atoms with Crippen LogP contribution in [0.3, 0.4) is 0 Å². The van der Waals surface area contributed by atoms with Gasteiger partial charge in [-0.3, -0.25) is 4.79 Å². The van der Waals surface area contributed by atoms with Crippen LogP contribution in [-0.2, 0) is 5.88 Å². The lowest BCUT2D eigenvalue weighted by atomic mass is 10.0. The van der Waals surface area contributed by atoms with Crippen molar-refractivity contribution in [1.82, 2.24) is 9.97 Å². The molecule has 0 aliphatic carbocycles. The van der Waals surface area contributed by atoms with Gasteiger partial charge in [-0.2, -0.15) is 0 Å². The maximum Gasteiger partial charge on any atom is 0.193 e. The van der Waals surface area contributed by atoms with Gasteiger partial charge in [0.15, 0.2) is 5.78 Å². The number of carbonyl (C=O) groups is 1. The van der Waals surface area contributed by atoms with Crippen molar-refractivity contribution in [3.8, 4) is 0 Å². The molecular formula is C15H11ClN2O. The highest BCUT2D eigenvalue weighted by molar-refractivity contribution is 6.16. The first-order valence-electron chi connectivity index (χ1n) is 5.92. The number of fused-ring (bicyclic) bond motifs is 1. The second kappa shape index (κ2) is 4.86. The van der Waals surface area contributed by atoms with Gasteiger partial charge in [-0.05, 0) is 18.2 Å². The molecule has 3 aromatic rings. The van der Waals surface area contributed by atoms with Crippen LogP contribution in [0.2, 0.25) is 0 Å². The predicted octanol–water partition coefficient (Wildman–Crippen LogP) is 3.53. The van der Waals surface area contributed by atoms with Gasteiger partial charge in [0.25, 0.3) is 0 Å². The van der Waals surface area contributed by atoms with Crippen LogP contribution in [0, 0.1) is 0 Å². The first kappa shape index (κ1) is 11.9. The van der Waals surface area contributed by atoms with Gasteiger partial charge >= 0.3 is 0 Å². The zero-order valence-electron chi connectivity index (χ0n) is 10.1. The number of carbonyl (C=O) groups excluding carboxylic acids is 1. The van der Waals surface area contributed by atoms with Gasteiger partial charge in [-0.25, -0.2) is 4.98 Å². The molecule has 3 nitrogen and oxygen atoms in total. The third-order valence-corrected chi connectivity index (χ3v) is 3.21. The number of ketones is 1. The Kier molecular flexibility index (Phi) is 3.05. The lowest BCUT2D eigenvalue weighted by Gasteiger charge is -2.00. The van der Waals surface area contributed by atoms with Gasteiger partial charge in [0.1, 0.15) is 5.82 Å². The van der Waals surface area contributed by atoms with Gasteiger partial charge in [0.05, 0.1) is 16.9 Å². The maximum atomic E-state index is 12.3. The van der Waals surface area contributed by atoms with Crippen LogP contribution in [0.25, 0.3) is 11.0 Å². The summed E-state index contributed by atoms with van der Waals surface area (Å²) in [6.07, 6.45) is 0. The van der Waals surface area contributed by atoms with Crippen LogP contribution < -0.4 is 0 Å². The van der Waals surface area contributed by atoms with E-state index in [9.17, 15) is 4.79 Å². The quantitative estimate of drug-likeness (QED) is 0.584. The van der Waals surface area contributed by atoms with Crippen molar-refractivity contribution in [2.45, 2.75) is 5.88 Å². The van der Waals surface area contributed by atoms with Crippen LogP contribution in [0.1, 0.15) is 21.7 Å². The number of nitrogens with one attached hydrogen (secondary N) is 1. The molecule has 4 heteroatoms. The Morgan fingerprint density at radius 3 is 2.63 bits per heavy atom. The molecule has 0 bridgehead atoms. The molecular weight excluding hydrogens is 260 g/mol. The highest BCUT2D eigenvalue weighted by atomic mass is 35.5. The molecule has 0 radical (unpaired) electrons. The standard InChI is InChI=1S/C15H11ClN2O/c16-9-14-17-12-7-6-11(8-13(12)18-14)15(19)10-4-2-1-3-5-10/h1-8H,9H2,(H,17,18). The van der Waals surface area contributed by atoms with Gasteiger partial charge < -0.3 is 4.98 Å². The summed E-state index contributed by atoms with van der Waals surface area (Å²) in [5, 5.41) is 0. The second-order valence-corrected chi connectivity index (χ2v) is 4.51. The fourth-order valence-electron chi connectivity index (χ4n) is 2.02.